The molecule has 1 rings (SSSR count). The number of amides is 1. The lowest BCUT2D eigenvalue weighted by molar-refractivity contribution is -0.116. The van der Waals surface area contributed by atoms with Gasteiger partial charge in [-0.2, -0.15) is 0 Å². The van der Waals surface area contributed by atoms with Crippen molar-refractivity contribution in [1.82, 2.24) is 4.90 Å². The maximum Gasteiger partial charge on any atom is 0.214 e. The highest BCUT2D eigenvalue weighted by Gasteiger charge is 2.06. The second kappa shape index (κ2) is 8.01. The molecule has 1 amide bonds. The molecule has 3 nitrogen and oxygen atoms in total. The Morgan fingerprint density at radius 2 is 2.17 bits per heavy atom. The summed E-state index contributed by atoms with van der Waals surface area (Å²) in [7, 11) is 0. The second-order valence-corrected chi connectivity index (χ2v) is 4.44. The molecule has 0 aliphatic carbocycles. The van der Waals surface area contributed by atoms with Crippen molar-refractivity contribution in [3.05, 3.63) is 40.7 Å². The Bertz CT molecular complexity index is 421. The van der Waals surface area contributed by atoms with E-state index in [9.17, 15) is 4.79 Å². The summed E-state index contributed by atoms with van der Waals surface area (Å²) in [6.45, 7) is 2.61. The lowest BCUT2D eigenvalue weighted by Crippen LogP contribution is -2.20. The van der Waals surface area contributed by atoms with Crippen LogP contribution >= 0.6 is 23.2 Å². The molecular weight excluding hydrogens is 273 g/mol. The first kappa shape index (κ1) is 14.9. The van der Waals surface area contributed by atoms with Crippen LogP contribution in [-0.2, 0) is 4.79 Å². The molecule has 0 aromatic heterocycles. The number of halogens is 2. The van der Waals surface area contributed by atoms with Crippen molar-refractivity contribution in [3.8, 4) is 5.75 Å². The molecule has 0 spiro atoms. The number of rotatable bonds is 7. The van der Waals surface area contributed by atoms with Crippen LogP contribution in [0, 0.1) is 0 Å². The molecule has 0 unspecified atom stereocenters. The number of hydrogen-bond acceptors (Lipinski definition) is 2. The van der Waals surface area contributed by atoms with E-state index >= 15 is 0 Å². The zero-order valence-electron chi connectivity index (χ0n) is 10.1. The molecule has 1 aromatic rings. The summed E-state index contributed by atoms with van der Waals surface area (Å²) in [5.74, 6) is 0.499. The van der Waals surface area contributed by atoms with E-state index in [1.807, 2.05) is 6.92 Å². The van der Waals surface area contributed by atoms with Crippen molar-refractivity contribution in [2.75, 3.05) is 6.54 Å². The van der Waals surface area contributed by atoms with Crippen molar-refractivity contribution in [2.45, 2.75) is 19.8 Å². The zero-order valence-corrected chi connectivity index (χ0v) is 11.6. The smallest absolute Gasteiger partial charge is 0.214 e. The molecule has 0 fully saturated rings. The number of carbonyl (C=O) groups excluding carboxylic acids is 1. The van der Waals surface area contributed by atoms with Crippen molar-refractivity contribution in [3.63, 3.8) is 0 Å². The Hall–Kier alpha value is -1.19. The number of carbonyl (C=O) groups is 1. The molecule has 0 bridgehead atoms. The van der Waals surface area contributed by atoms with Gasteiger partial charge in [0.05, 0.1) is 5.02 Å². The SMILES string of the molecule is CCCCN(C=O)/C(Cl)=C\Oc1ccccc1Cl. The van der Waals surface area contributed by atoms with Gasteiger partial charge in [-0.3, -0.25) is 4.79 Å². The maximum absolute atomic E-state index is 10.8. The van der Waals surface area contributed by atoms with Gasteiger partial charge < -0.3 is 9.64 Å². The third-order valence-corrected chi connectivity index (χ3v) is 2.89. The van der Waals surface area contributed by atoms with Crippen molar-refractivity contribution in [2.24, 2.45) is 0 Å². The van der Waals surface area contributed by atoms with Crippen molar-refractivity contribution in [1.29, 1.82) is 0 Å². The van der Waals surface area contributed by atoms with Gasteiger partial charge in [0.25, 0.3) is 0 Å². The van der Waals surface area contributed by atoms with E-state index in [2.05, 4.69) is 0 Å². The predicted octanol–water partition coefficient (Wildman–Crippen LogP) is 4.02. The van der Waals surface area contributed by atoms with E-state index in [0.29, 0.717) is 23.7 Å². The third kappa shape index (κ3) is 4.59. The third-order valence-electron chi connectivity index (χ3n) is 2.27. The standard InChI is InChI=1S/C13H15Cl2NO2/c1-2-3-8-16(10-17)13(15)9-18-12-7-5-4-6-11(12)14/h4-7,9-10H,2-3,8H2,1H3/b13-9-. The van der Waals surface area contributed by atoms with Gasteiger partial charge in [0, 0.05) is 6.54 Å². The Morgan fingerprint density at radius 3 is 2.78 bits per heavy atom. The Kier molecular flexibility index (Phi) is 6.61. The Labute approximate surface area is 117 Å². The fraction of sp³-hybridized carbons (Fsp3) is 0.308. The number of para-hydroxylation sites is 1. The summed E-state index contributed by atoms with van der Waals surface area (Å²) in [6, 6.07) is 7.05. The largest absolute Gasteiger partial charge is 0.460 e. The van der Waals surface area contributed by atoms with Crippen LogP contribution in [0.5, 0.6) is 5.75 Å². The molecule has 98 valence electrons. The monoisotopic (exact) mass is 287 g/mol. The summed E-state index contributed by atoms with van der Waals surface area (Å²) in [6.07, 6.45) is 3.87. The highest BCUT2D eigenvalue weighted by molar-refractivity contribution is 6.32. The zero-order chi connectivity index (χ0) is 13.4. The van der Waals surface area contributed by atoms with Gasteiger partial charge in [0.2, 0.25) is 6.41 Å². The molecule has 0 aliphatic rings. The molecule has 0 saturated heterocycles. The molecule has 0 saturated carbocycles. The van der Waals surface area contributed by atoms with E-state index in [1.165, 1.54) is 11.2 Å². The van der Waals surface area contributed by atoms with E-state index in [-0.39, 0.29) is 5.16 Å². The van der Waals surface area contributed by atoms with Crippen LogP contribution in [0.4, 0.5) is 0 Å². The van der Waals surface area contributed by atoms with Crippen LogP contribution in [0.1, 0.15) is 19.8 Å². The molecule has 0 radical (unpaired) electrons. The Morgan fingerprint density at radius 1 is 1.44 bits per heavy atom. The average Bonchev–Trinajstić information content (AvgIpc) is 2.38. The molecule has 0 N–H and O–H groups in total. The van der Waals surface area contributed by atoms with Gasteiger partial charge in [-0.15, -0.1) is 0 Å². The minimum atomic E-state index is 0.235. The number of benzene rings is 1. The van der Waals surface area contributed by atoms with Crippen LogP contribution in [0.25, 0.3) is 0 Å². The van der Waals surface area contributed by atoms with Gasteiger partial charge in [-0.25, -0.2) is 0 Å². The number of hydrogen-bond donors (Lipinski definition) is 0. The summed E-state index contributed by atoms with van der Waals surface area (Å²) in [4.78, 5) is 12.2. The van der Waals surface area contributed by atoms with E-state index in [4.69, 9.17) is 27.9 Å². The first-order valence-corrected chi connectivity index (χ1v) is 6.43. The quantitative estimate of drug-likeness (QED) is 0.431. The predicted molar refractivity (Wildman–Crippen MR) is 73.7 cm³/mol. The first-order valence-electron chi connectivity index (χ1n) is 5.67. The number of unbranched alkanes of at least 4 members (excludes halogenated alkanes) is 1. The van der Waals surface area contributed by atoms with Crippen LogP contribution in [0.3, 0.4) is 0 Å². The molecule has 5 heteroatoms. The lowest BCUT2D eigenvalue weighted by atomic mass is 10.3. The summed E-state index contributed by atoms with van der Waals surface area (Å²) in [5.41, 5.74) is 0. The molecule has 1 aromatic carbocycles. The summed E-state index contributed by atoms with van der Waals surface area (Å²) < 4.78 is 5.33. The van der Waals surface area contributed by atoms with E-state index < -0.39 is 0 Å². The fourth-order valence-electron chi connectivity index (χ4n) is 1.26. The first-order chi connectivity index (χ1) is 8.69. The minimum Gasteiger partial charge on any atom is -0.460 e. The highest BCUT2D eigenvalue weighted by Crippen LogP contribution is 2.24. The molecule has 18 heavy (non-hydrogen) atoms. The fourth-order valence-corrected chi connectivity index (χ4v) is 1.61. The number of ether oxygens (including phenoxy) is 1. The van der Waals surface area contributed by atoms with Crippen LogP contribution in [0.2, 0.25) is 5.02 Å². The minimum absolute atomic E-state index is 0.235. The van der Waals surface area contributed by atoms with Crippen molar-refractivity contribution < 1.29 is 9.53 Å². The van der Waals surface area contributed by atoms with Crippen LogP contribution < -0.4 is 4.74 Å². The van der Waals surface area contributed by atoms with Gasteiger partial charge in [-0.05, 0) is 18.6 Å². The van der Waals surface area contributed by atoms with Gasteiger partial charge in [0.1, 0.15) is 17.2 Å². The van der Waals surface area contributed by atoms with Gasteiger partial charge >= 0.3 is 0 Å². The average molecular weight is 288 g/mol. The van der Waals surface area contributed by atoms with Crippen molar-refractivity contribution >= 4 is 29.6 Å². The van der Waals surface area contributed by atoms with Gasteiger partial charge in [0.15, 0.2) is 0 Å². The maximum atomic E-state index is 10.8. The van der Waals surface area contributed by atoms with E-state index in [1.54, 1.807) is 24.3 Å². The Balaban J connectivity index is 2.65. The van der Waals surface area contributed by atoms with Crippen LogP contribution in [-0.4, -0.2) is 17.9 Å². The number of nitrogens with zero attached hydrogens (tertiary/aromatic N) is 1. The van der Waals surface area contributed by atoms with E-state index in [0.717, 1.165) is 12.8 Å². The molecule has 0 heterocycles. The summed E-state index contributed by atoms with van der Waals surface area (Å²) >= 11 is 11.9. The highest BCUT2D eigenvalue weighted by atomic mass is 35.5. The molecule has 0 atom stereocenters. The van der Waals surface area contributed by atoms with Gasteiger partial charge in [-0.1, -0.05) is 48.7 Å². The van der Waals surface area contributed by atoms with Crippen LogP contribution in [0.15, 0.2) is 35.7 Å². The summed E-state index contributed by atoms with van der Waals surface area (Å²) in [5, 5.41) is 0.725. The second-order valence-electron chi connectivity index (χ2n) is 3.64. The lowest BCUT2D eigenvalue weighted by Gasteiger charge is -2.15. The topological polar surface area (TPSA) is 29.5 Å². The molecular formula is C13H15Cl2NO2. The normalized spacial score (nSPS) is 11.2. The molecule has 0 aliphatic heterocycles.